The lowest BCUT2D eigenvalue weighted by molar-refractivity contribution is 0.0698. The Bertz CT molecular complexity index is 650. The Kier molecular flexibility index (Phi) is 3.79. The van der Waals surface area contributed by atoms with E-state index in [1.165, 1.54) is 0 Å². The molecule has 21 heavy (non-hydrogen) atoms. The fraction of sp³-hybridized carbons (Fsp3) is 0.467. The molecule has 0 saturated carbocycles. The molecule has 3 rings (SSSR count). The lowest BCUT2D eigenvalue weighted by Crippen LogP contribution is -2.45. The van der Waals surface area contributed by atoms with Gasteiger partial charge in [-0.05, 0) is 18.6 Å². The number of morpholine rings is 1. The molecule has 1 N–H and O–H groups in total. The predicted octanol–water partition coefficient (Wildman–Crippen LogP) is 2.53. The number of carboxylic acid groups (broad SMARTS) is 1. The summed E-state index contributed by atoms with van der Waals surface area (Å²) in [7, 11) is 0. The van der Waals surface area contributed by atoms with Crippen LogP contribution in [0, 0.1) is 0 Å². The van der Waals surface area contributed by atoms with Gasteiger partial charge in [0.2, 0.25) is 0 Å². The second-order valence-electron chi connectivity index (χ2n) is 5.16. The molecule has 1 aliphatic heterocycles. The average molecular weight is 290 g/mol. The van der Waals surface area contributed by atoms with E-state index in [9.17, 15) is 9.90 Å². The third-order valence-electron chi connectivity index (χ3n) is 3.73. The topological polar surface area (TPSA) is 75.8 Å². The van der Waals surface area contributed by atoms with Crippen LogP contribution in [-0.4, -0.2) is 41.9 Å². The molecule has 1 aromatic carbocycles. The Morgan fingerprint density at radius 2 is 2.38 bits per heavy atom. The van der Waals surface area contributed by atoms with Crippen molar-refractivity contribution in [2.75, 3.05) is 24.7 Å². The number of oxazole rings is 1. The highest BCUT2D eigenvalue weighted by atomic mass is 16.5. The zero-order valence-corrected chi connectivity index (χ0v) is 11.9. The number of carboxylic acids is 1. The smallest absolute Gasteiger partial charge is 0.338 e. The van der Waals surface area contributed by atoms with Crippen molar-refractivity contribution in [1.29, 1.82) is 0 Å². The Morgan fingerprint density at radius 3 is 3.14 bits per heavy atom. The van der Waals surface area contributed by atoms with E-state index in [2.05, 4.69) is 16.8 Å². The number of carbonyl (C=O) groups is 1. The lowest BCUT2D eigenvalue weighted by atomic mass is 10.1. The van der Waals surface area contributed by atoms with Crippen molar-refractivity contribution in [2.45, 2.75) is 25.8 Å². The first-order valence-electron chi connectivity index (χ1n) is 7.18. The second kappa shape index (κ2) is 5.73. The number of rotatable bonds is 4. The molecular weight excluding hydrogens is 272 g/mol. The van der Waals surface area contributed by atoms with E-state index < -0.39 is 5.97 Å². The normalized spacial score (nSPS) is 19.1. The molecule has 1 saturated heterocycles. The van der Waals surface area contributed by atoms with Crippen molar-refractivity contribution in [3.8, 4) is 0 Å². The molecule has 6 nitrogen and oxygen atoms in total. The summed E-state index contributed by atoms with van der Waals surface area (Å²) in [5, 5.41) is 9.22. The van der Waals surface area contributed by atoms with Gasteiger partial charge in [0.25, 0.3) is 6.01 Å². The van der Waals surface area contributed by atoms with E-state index in [0.29, 0.717) is 36.9 Å². The van der Waals surface area contributed by atoms with E-state index in [4.69, 9.17) is 9.15 Å². The Morgan fingerprint density at radius 1 is 1.52 bits per heavy atom. The number of hydrogen-bond donors (Lipinski definition) is 1. The number of nitrogens with zero attached hydrogens (tertiary/aromatic N) is 2. The van der Waals surface area contributed by atoms with Crippen LogP contribution in [-0.2, 0) is 4.74 Å². The number of aromatic carboxylic acids is 1. The SMILES string of the molecule is CCCC1COCCN1c1nc2c(C(=O)O)cccc2o1. The summed E-state index contributed by atoms with van der Waals surface area (Å²) in [6.07, 6.45) is 2.04. The van der Waals surface area contributed by atoms with Crippen molar-refractivity contribution in [3.63, 3.8) is 0 Å². The zero-order chi connectivity index (χ0) is 14.8. The summed E-state index contributed by atoms with van der Waals surface area (Å²) in [5.74, 6) is -0.993. The molecule has 2 heterocycles. The van der Waals surface area contributed by atoms with Gasteiger partial charge < -0.3 is 19.2 Å². The first-order chi connectivity index (χ1) is 10.2. The molecule has 0 amide bonds. The lowest BCUT2D eigenvalue weighted by Gasteiger charge is -2.34. The Hall–Kier alpha value is -2.08. The standard InChI is InChI=1S/C15H18N2O4/c1-2-4-10-9-20-8-7-17(10)15-16-13-11(14(18)19)5-3-6-12(13)21-15/h3,5-6,10H,2,4,7-9H2,1H3,(H,18,19). The number of fused-ring (bicyclic) bond motifs is 1. The highest BCUT2D eigenvalue weighted by Crippen LogP contribution is 2.27. The van der Waals surface area contributed by atoms with Crippen LogP contribution in [0.25, 0.3) is 11.1 Å². The maximum absolute atomic E-state index is 11.3. The average Bonchev–Trinajstić information content (AvgIpc) is 2.91. The molecule has 1 unspecified atom stereocenters. The van der Waals surface area contributed by atoms with Crippen molar-refractivity contribution in [3.05, 3.63) is 23.8 Å². The van der Waals surface area contributed by atoms with Crippen LogP contribution in [0.3, 0.4) is 0 Å². The molecule has 1 atom stereocenters. The van der Waals surface area contributed by atoms with Gasteiger partial charge in [-0.15, -0.1) is 0 Å². The van der Waals surface area contributed by atoms with Gasteiger partial charge in [0.1, 0.15) is 5.52 Å². The van der Waals surface area contributed by atoms with Gasteiger partial charge in [0.15, 0.2) is 5.58 Å². The molecule has 0 aliphatic carbocycles. The fourth-order valence-electron chi connectivity index (χ4n) is 2.71. The first kappa shape index (κ1) is 13.9. The van der Waals surface area contributed by atoms with Crippen LogP contribution in [0.15, 0.2) is 22.6 Å². The van der Waals surface area contributed by atoms with Gasteiger partial charge in [0, 0.05) is 6.54 Å². The van der Waals surface area contributed by atoms with E-state index >= 15 is 0 Å². The van der Waals surface area contributed by atoms with Crippen LogP contribution in [0.5, 0.6) is 0 Å². The summed E-state index contributed by atoms with van der Waals surface area (Å²) in [4.78, 5) is 17.7. The third-order valence-corrected chi connectivity index (χ3v) is 3.73. The number of hydrogen-bond acceptors (Lipinski definition) is 5. The van der Waals surface area contributed by atoms with Crippen LogP contribution in [0.2, 0.25) is 0 Å². The molecular formula is C15H18N2O4. The summed E-state index contributed by atoms with van der Waals surface area (Å²) < 4.78 is 11.3. The van der Waals surface area contributed by atoms with Gasteiger partial charge in [-0.3, -0.25) is 0 Å². The highest BCUT2D eigenvalue weighted by molar-refractivity contribution is 6.00. The van der Waals surface area contributed by atoms with Gasteiger partial charge in [0.05, 0.1) is 24.8 Å². The Labute approximate surface area is 122 Å². The van der Waals surface area contributed by atoms with Gasteiger partial charge in [-0.2, -0.15) is 4.98 Å². The van der Waals surface area contributed by atoms with Crippen molar-refractivity contribution < 1.29 is 19.1 Å². The van der Waals surface area contributed by atoms with Gasteiger partial charge in [-0.1, -0.05) is 19.4 Å². The van der Waals surface area contributed by atoms with Crippen LogP contribution in [0.1, 0.15) is 30.1 Å². The van der Waals surface area contributed by atoms with Crippen LogP contribution < -0.4 is 4.90 Å². The highest BCUT2D eigenvalue weighted by Gasteiger charge is 2.27. The van der Waals surface area contributed by atoms with E-state index in [0.717, 1.165) is 12.8 Å². The van der Waals surface area contributed by atoms with Crippen molar-refractivity contribution in [2.24, 2.45) is 0 Å². The minimum Gasteiger partial charge on any atom is -0.478 e. The number of para-hydroxylation sites is 1. The second-order valence-corrected chi connectivity index (χ2v) is 5.16. The fourth-order valence-corrected chi connectivity index (χ4v) is 2.71. The Balaban J connectivity index is 2.00. The minimum absolute atomic E-state index is 0.169. The van der Waals surface area contributed by atoms with Crippen molar-refractivity contribution >= 4 is 23.1 Å². The third kappa shape index (κ3) is 2.58. The van der Waals surface area contributed by atoms with E-state index in [-0.39, 0.29) is 11.6 Å². The quantitative estimate of drug-likeness (QED) is 0.932. The van der Waals surface area contributed by atoms with E-state index in [1.54, 1.807) is 18.2 Å². The molecule has 0 bridgehead atoms. The van der Waals surface area contributed by atoms with Gasteiger partial charge in [-0.25, -0.2) is 4.79 Å². The molecule has 6 heteroatoms. The molecule has 2 aromatic rings. The number of benzene rings is 1. The van der Waals surface area contributed by atoms with Crippen molar-refractivity contribution in [1.82, 2.24) is 4.98 Å². The molecule has 0 radical (unpaired) electrons. The number of ether oxygens (including phenoxy) is 1. The van der Waals surface area contributed by atoms with Crippen LogP contribution >= 0.6 is 0 Å². The largest absolute Gasteiger partial charge is 0.478 e. The summed E-state index contributed by atoms with van der Waals surface area (Å²) in [5.41, 5.74) is 1.08. The number of aromatic nitrogens is 1. The minimum atomic E-state index is -0.993. The van der Waals surface area contributed by atoms with Gasteiger partial charge >= 0.3 is 5.97 Å². The molecule has 0 spiro atoms. The number of anilines is 1. The summed E-state index contributed by atoms with van der Waals surface area (Å²) in [6.45, 7) is 4.12. The predicted molar refractivity (Wildman–Crippen MR) is 77.8 cm³/mol. The maximum Gasteiger partial charge on any atom is 0.338 e. The summed E-state index contributed by atoms with van der Waals surface area (Å²) >= 11 is 0. The monoisotopic (exact) mass is 290 g/mol. The first-order valence-corrected chi connectivity index (χ1v) is 7.18. The molecule has 1 fully saturated rings. The summed E-state index contributed by atoms with van der Waals surface area (Å²) in [6, 6.07) is 5.67. The molecule has 112 valence electrons. The molecule has 1 aromatic heterocycles. The van der Waals surface area contributed by atoms with Crippen LogP contribution in [0.4, 0.5) is 6.01 Å². The zero-order valence-electron chi connectivity index (χ0n) is 11.9. The maximum atomic E-state index is 11.3. The van der Waals surface area contributed by atoms with E-state index in [1.807, 2.05) is 0 Å². The molecule has 1 aliphatic rings.